The van der Waals surface area contributed by atoms with Crippen molar-refractivity contribution in [3.05, 3.63) is 59.7 Å². The summed E-state index contributed by atoms with van der Waals surface area (Å²) in [6.07, 6.45) is 5.28. The molecule has 0 spiro atoms. The predicted molar refractivity (Wildman–Crippen MR) is 94.4 cm³/mol. The largest absolute Gasteiger partial charge is 0.318 e. The summed E-state index contributed by atoms with van der Waals surface area (Å²) >= 11 is 0. The van der Waals surface area contributed by atoms with Crippen molar-refractivity contribution in [1.29, 1.82) is 0 Å². The average molecular weight is 318 g/mol. The van der Waals surface area contributed by atoms with Crippen LogP contribution in [0.1, 0.15) is 41.6 Å². The van der Waals surface area contributed by atoms with E-state index >= 15 is 0 Å². The molecule has 2 aromatic rings. The lowest BCUT2D eigenvalue weighted by Gasteiger charge is -2.47. The highest BCUT2D eigenvalue weighted by atomic mass is 16.2. The second-order valence-electron chi connectivity index (χ2n) is 7.35. The second-order valence-corrected chi connectivity index (χ2v) is 7.35. The number of piperidine rings is 2. The van der Waals surface area contributed by atoms with E-state index < -0.39 is 0 Å². The fourth-order valence-electron chi connectivity index (χ4n) is 4.79. The summed E-state index contributed by atoms with van der Waals surface area (Å²) < 4.78 is 0. The summed E-state index contributed by atoms with van der Waals surface area (Å²) in [5, 5.41) is 3.72. The monoisotopic (exact) mass is 318 g/mol. The Balaban J connectivity index is 1.51. The predicted octanol–water partition coefficient (Wildman–Crippen LogP) is 3.80. The number of carbonyl (C=O) groups is 1. The molecule has 1 atom stereocenters. The summed E-state index contributed by atoms with van der Waals surface area (Å²) in [5.41, 5.74) is 4.48. The van der Waals surface area contributed by atoms with Crippen LogP contribution >= 0.6 is 0 Å². The van der Waals surface area contributed by atoms with E-state index in [9.17, 15) is 4.79 Å². The molecule has 24 heavy (non-hydrogen) atoms. The molecule has 1 amide bonds. The van der Waals surface area contributed by atoms with Crippen LogP contribution < -0.4 is 5.32 Å². The molecular weight excluding hydrogens is 296 g/mol. The zero-order chi connectivity index (χ0) is 16.1. The van der Waals surface area contributed by atoms with E-state index in [1.807, 2.05) is 18.2 Å². The van der Waals surface area contributed by atoms with E-state index in [0.29, 0.717) is 12.0 Å². The van der Waals surface area contributed by atoms with Crippen molar-refractivity contribution < 1.29 is 4.79 Å². The summed E-state index contributed by atoms with van der Waals surface area (Å²) in [4.78, 5) is 15.1. The van der Waals surface area contributed by atoms with Crippen LogP contribution in [0.2, 0.25) is 0 Å². The Morgan fingerprint density at radius 2 is 1.62 bits per heavy atom. The molecule has 2 saturated heterocycles. The van der Waals surface area contributed by atoms with Gasteiger partial charge in [0.1, 0.15) is 0 Å². The molecule has 2 aromatic carbocycles. The number of amides is 1. The zero-order valence-corrected chi connectivity index (χ0v) is 13.7. The van der Waals surface area contributed by atoms with Gasteiger partial charge in [-0.2, -0.15) is 0 Å². The van der Waals surface area contributed by atoms with Gasteiger partial charge in [0.05, 0.1) is 6.17 Å². The first-order valence-corrected chi connectivity index (χ1v) is 9.05. The van der Waals surface area contributed by atoms with Gasteiger partial charge in [0, 0.05) is 18.2 Å². The molecule has 3 fully saturated rings. The van der Waals surface area contributed by atoms with Gasteiger partial charge in [0.25, 0.3) is 5.91 Å². The number of fused-ring (bicyclic) bond motifs is 4. The molecule has 122 valence electrons. The maximum Gasteiger partial charge on any atom is 0.255 e. The van der Waals surface area contributed by atoms with Gasteiger partial charge in [-0.15, -0.1) is 0 Å². The van der Waals surface area contributed by atoms with E-state index in [-0.39, 0.29) is 12.1 Å². The van der Waals surface area contributed by atoms with Gasteiger partial charge in [-0.05, 0) is 54.4 Å². The quantitative estimate of drug-likeness (QED) is 0.913. The Bertz CT molecular complexity index is 778. The summed E-state index contributed by atoms with van der Waals surface area (Å²) in [5.74, 6) is 0.821. The normalized spacial score (nSPS) is 28.2. The van der Waals surface area contributed by atoms with E-state index in [1.165, 1.54) is 42.4 Å². The fraction of sp³-hybridized carbons (Fsp3) is 0.381. The van der Waals surface area contributed by atoms with Gasteiger partial charge in [-0.1, -0.05) is 42.5 Å². The third-order valence-corrected chi connectivity index (χ3v) is 6.04. The SMILES string of the molecule is O=C1c2cccc(-c3ccccc3)c2CN1C1NC2CCC1CC2. The van der Waals surface area contributed by atoms with Gasteiger partial charge in [0.15, 0.2) is 0 Å². The molecule has 1 N–H and O–H groups in total. The smallest absolute Gasteiger partial charge is 0.255 e. The van der Waals surface area contributed by atoms with Crippen molar-refractivity contribution in [3.63, 3.8) is 0 Å². The minimum atomic E-state index is 0.202. The number of benzene rings is 2. The molecule has 0 aromatic heterocycles. The van der Waals surface area contributed by atoms with Crippen LogP contribution in [0.3, 0.4) is 0 Å². The maximum absolute atomic E-state index is 13.0. The number of carbonyl (C=O) groups excluding carboxylic acids is 1. The molecule has 1 saturated carbocycles. The van der Waals surface area contributed by atoms with Crippen LogP contribution in [0.4, 0.5) is 0 Å². The molecule has 0 radical (unpaired) electrons. The Kier molecular flexibility index (Phi) is 3.23. The average Bonchev–Trinajstić information content (AvgIpc) is 3.00. The fourth-order valence-corrected chi connectivity index (χ4v) is 4.79. The Labute approximate surface area is 142 Å². The highest BCUT2D eigenvalue weighted by molar-refractivity contribution is 6.00. The molecule has 3 nitrogen and oxygen atoms in total. The highest BCUT2D eigenvalue weighted by Gasteiger charge is 2.43. The lowest BCUT2D eigenvalue weighted by atomic mass is 9.79. The zero-order valence-electron chi connectivity index (χ0n) is 13.7. The van der Waals surface area contributed by atoms with Gasteiger partial charge < -0.3 is 4.90 Å². The summed E-state index contributed by atoms with van der Waals surface area (Å²) in [6.45, 7) is 0.736. The number of rotatable bonds is 2. The molecule has 1 aliphatic carbocycles. The molecule has 4 aliphatic rings. The molecular formula is C21H22N2O. The third kappa shape index (κ3) is 2.11. The Morgan fingerprint density at radius 1 is 0.875 bits per heavy atom. The lowest BCUT2D eigenvalue weighted by Crippen LogP contribution is -2.60. The van der Waals surface area contributed by atoms with E-state index in [0.717, 1.165) is 12.1 Å². The Hall–Kier alpha value is -2.13. The van der Waals surface area contributed by atoms with E-state index in [2.05, 4.69) is 40.5 Å². The van der Waals surface area contributed by atoms with Gasteiger partial charge in [-0.3, -0.25) is 10.1 Å². The van der Waals surface area contributed by atoms with Crippen LogP contribution in [0.15, 0.2) is 48.5 Å². The highest BCUT2D eigenvalue weighted by Crippen LogP contribution is 2.39. The molecule has 3 heterocycles. The number of nitrogens with zero attached hydrogens (tertiary/aromatic N) is 1. The van der Waals surface area contributed by atoms with Gasteiger partial charge in [0.2, 0.25) is 0 Å². The molecule has 3 heteroatoms. The first-order chi connectivity index (χ1) is 11.8. The van der Waals surface area contributed by atoms with Crippen molar-refractivity contribution in [2.24, 2.45) is 5.92 Å². The first kappa shape index (κ1) is 14.2. The Morgan fingerprint density at radius 3 is 2.33 bits per heavy atom. The molecule has 1 unspecified atom stereocenters. The van der Waals surface area contributed by atoms with Crippen molar-refractivity contribution in [3.8, 4) is 11.1 Å². The number of nitrogens with one attached hydrogen (secondary N) is 1. The van der Waals surface area contributed by atoms with Crippen LogP contribution in [-0.4, -0.2) is 23.0 Å². The number of hydrogen-bond acceptors (Lipinski definition) is 2. The van der Waals surface area contributed by atoms with Gasteiger partial charge in [-0.25, -0.2) is 0 Å². The van der Waals surface area contributed by atoms with Crippen molar-refractivity contribution >= 4 is 5.91 Å². The minimum absolute atomic E-state index is 0.202. The second kappa shape index (κ2) is 5.45. The van der Waals surface area contributed by atoms with Crippen molar-refractivity contribution in [2.75, 3.05) is 0 Å². The van der Waals surface area contributed by atoms with E-state index in [1.54, 1.807) is 0 Å². The maximum atomic E-state index is 13.0. The van der Waals surface area contributed by atoms with Crippen molar-refractivity contribution in [1.82, 2.24) is 10.2 Å². The number of hydrogen-bond donors (Lipinski definition) is 1. The molecule has 3 aliphatic heterocycles. The van der Waals surface area contributed by atoms with Crippen molar-refractivity contribution in [2.45, 2.75) is 44.4 Å². The minimum Gasteiger partial charge on any atom is -0.318 e. The van der Waals surface area contributed by atoms with Crippen LogP contribution in [0.5, 0.6) is 0 Å². The summed E-state index contributed by atoms with van der Waals surface area (Å²) in [7, 11) is 0. The van der Waals surface area contributed by atoms with E-state index in [4.69, 9.17) is 0 Å². The standard InChI is InChI=1S/C21H22N2O/c24-21-18-8-4-7-17(14-5-2-1-3-6-14)19(18)13-23(21)20-15-9-11-16(22-20)12-10-15/h1-8,15-16,20,22H,9-13H2. The third-order valence-electron chi connectivity index (χ3n) is 6.04. The van der Waals surface area contributed by atoms with Crippen LogP contribution in [0, 0.1) is 5.92 Å². The molecule has 2 bridgehead atoms. The molecule has 6 rings (SSSR count). The first-order valence-electron chi connectivity index (χ1n) is 9.05. The van der Waals surface area contributed by atoms with Crippen LogP contribution in [0.25, 0.3) is 11.1 Å². The topological polar surface area (TPSA) is 32.3 Å². The van der Waals surface area contributed by atoms with Gasteiger partial charge >= 0.3 is 0 Å². The lowest BCUT2D eigenvalue weighted by molar-refractivity contribution is 0.0244. The summed E-state index contributed by atoms with van der Waals surface area (Å²) in [6, 6.07) is 17.2. The van der Waals surface area contributed by atoms with Crippen LogP contribution in [-0.2, 0) is 6.54 Å².